The van der Waals surface area contributed by atoms with E-state index in [0.29, 0.717) is 12.5 Å². The Balaban J connectivity index is 1.61. The lowest BCUT2D eigenvalue weighted by atomic mass is 9.88. The summed E-state index contributed by atoms with van der Waals surface area (Å²) in [7, 11) is 1.75. The zero-order valence-electron chi connectivity index (χ0n) is 12.3. The number of amides is 1. The number of likely N-dealkylation sites (tertiary alicyclic amines) is 1. The smallest absolute Gasteiger partial charge is 0.225 e. The lowest BCUT2D eigenvalue weighted by Crippen LogP contribution is -2.52. The topological polar surface area (TPSA) is 38.8 Å². The summed E-state index contributed by atoms with van der Waals surface area (Å²) < 4.78 is 11.4. The van der Waals surface area contributed by atoms with Crippen molar-refractivity contribution in [2.45, 2.75) is 43.8 Å². The summed E-state index contributed by atoms with van der Waals surface area (Å²) >= 11 is 1.97. The number of piperidine rings is 1. The molecule has 20 heavy (non-hydrogen) atoms. The third-order valence-electron chi connectivity index (χ3n) is 4.93. The van der Waals surface area contributed by atoms with E-state index in [-0.39, 0.29) is 17.6 Å². The lowest BCUT2D eigenvalue weighted by Gasteiger charge is -2.41. The Morgan fingerprint density at radius 1 is 1.40 bits per heavy atom. The van der Waals surface area contributed by atoms with E-state index in [4.69, 9.17) is 9.47 Å². The molecule has 3 fully saturated rings. The van der Waals surface area contributed by atoms with Crippen LogP contribution in [0.4, 0.5) is 0 Å². The number of ether oxygens (including phenoxy) is 2. The number of thioether (sulfide) groups is 1. The van der Waals surface area contributed by atoms with Gasteiger partial charge in [0.05, 0.1) is 18.3 Å². The first kappa shape index (κ1) is 14.7. The molecular weight excluding hydrogens is 274 g/mol. The number of hydrogen-bond donors (Lipinski definition) is 0. The fourth-order valence-corrected chi connectivity index (χ4v) is 4.83. The number of methoxy groups -OCH3 is 1. The molecule has 0 aromatic carbocycles. The van der Waals surface area contributed by atoms with E-state index in [1.165, 1.54) is 0 Å². The minimum Gasteiger partial charge on any atom is -0.379 e. The molecule has 4 nitrogen and oxygen atoms in total. The normalized spacial score (nSPS) is 35.6. The number of hydrogen-bond acceptors (Lipinski definition) is 4. The van der Waals surface area contributed by atoms with Gasteiger partial charge in [-0.25, -0.2) is 0 Å². The van der Waals surface area contributed by atoms with Crippen LogP contribution in [0, 0.1) is 5.92 Å². The molecule has 3 heterocycles. The molecule has 0 aromatic heterocycles. The molecule has 3 aliphatic rings. The Bertz CT molecular complexity index is 359. The average molecular weight is 299 g/mol. The highest BCUT2D eigenvalue weighted by Gasteiger charge is 2.45. The molecule has 0 unspecified atom stereocenters. The van der Waals surface area contributed by atoms with Crippen LogP contribution in [0.2, 0.25) is 0 Å². The van der Waals surface area contributed by atoms with Crippen molar-refractivity contribution in [2.75, 3.05) is 38.3 Å². The minimum absolute atomic E-state index is 0.127. The van der Waals surface area contributed by atoms with Gasteiger partial charge in [0.2, 0.25) is 5.91 Å². The van der Waals surface area contributed by atoms with Crippen molar-refractivity contribution in [3.8, 4) is 0 Å². The third kappa shape index (κ3) is 3.00. The van der Waals surface area contributed by atoms with Crippen molar-refractivity contribution in [3.63, 3.8) is 0 Å². The van der Waals surface area contributed by atoms with Crippen LogP contribution < -0.4 is 0 Å². The number of rotatable bonds is 2. The molecule has 0 radical (unpaired) electrons. The van der Waals surface area contributed by atoms with E-state index in [1.807, 2.05) is 11.8 Å². The van der Waals surface area contributed by atoms with Crippen molar-refractivity contribution >= 4 is 17.7 Å². The van der Waals surface area contributed by atoms with E-state index in [0.717, 1.165) is 56.7 Å². The van der Waals surface area contributed by atoms with Gasteiger partial charge >= 0.3 is 0 Å². The zero-order valence-corrected chi connectivity index (χ0v) is 13.1. The first-order chi connectivity index (χ1) is 9.72. The second-order valence-electron chi connectivity index (χ2n) is 6.31. The number of nitrogens with zero attached hydrogens (tertiary/aromatic N) is 1. The highest BCUT2D eigenvalue weighted by atomic mass is 32.2. The lowest BCUT2D eigenvalue weighted by molar-refractivity contribution is -0.143. The Morgan fingerprint density at radius 3 is 2.90 bits per heavy atom. The second kappa shape index (κ2) is 6.24. The summed E-state index contributed by atoms with van der Waals surface area (Å²) in [6, 6.07) is 0. The van der Waals surface area contributed by atoms with E-state index in [9.17, 15) is 4.79 Å². The molecule has 5 heteroatoms. The zero-order chi connectivity index (χ0) is 14.0. The fraction of sp³-hybridized carbons (Fsp3) is 0.933. The van der Waals surface area contributed by atoms with Crippen LogP contribution in [0.1, 0.15) is 32.1 Å². The van der Waals surface area contributed by atoms with Crippen molar-refractivity contribution in [1.29, 1.82) is 0 Å². The van der Waals surface area contributed by atoms with Crippen LogP contribution in [0.15, 0.2) is 0 Å². The van der Waals surface area contributed by atoms with Crippen molar-refractivity contribution < 1.29 is 14.3 Å². The molecule has 0 bridgehead atoms. The standard InChI is InChI=1S/C15H25NO3S/c1-18-13-9-15(19-10-13)5-2-6-16(11-15)14(17)12-3-7-20-8-4-12/h12-13H,2-11H2,1H3/t13-,15+/m0/s1. The summed E-state index contributed by atoms with van der Waals surface area (Å²) in [6.45, 7) is 2.36. The fourth-order valence-electron chi connectivity index (χ4n) is 3.73. The minimum atomic E-state index is -0.127. The van der Waals surface area contributed by atoms with Gasteiger partial charge in [-0.1, -0.05) is 0 Å². The summed E-state index contributed by atoms with van der Waals surface area (Å²) in [6.07, 6.45) is 5.37. The Morgan fingerprint density at radius 2 is 2.20 bits per heavy atom. The van der Waals surface area contributed by atoms with Gasteiger partial charge in [-0.05, 0) is 37.2 Å². The molecule has 3 rings (SSSR count). The first-order valence-electron chi connectivity index (χ1n) is 7.76. The van der Waals surface area contributed by atoms with Gasteiger partial charge in [0.25, 0.3) is 0 Å². The maximum absolute atomic E-state index is 12.7. The molecule has 0 aliphatic carbocycles. The van der Waals surface area contributed by atoms with Gasteiger partial charge in [0, 0.05) is 32.5 Å². The van der Waals surface area contributed by atoms with Gasteiger partial charge in [0.15, 0.2) is 0 Å². The SMILES string of the molecule is CO[C@@H]1CO[C@]2(CCCN(C(=O)C3CCSCC3)C2)C1. The summed E-state index contributed by atoms with van der Waals surface area (Å²) in [4.78, 5) is 14.7. The highest BCUT2D eigenvalue weighted by molar-refractivity contribution is 7.99. The van der Waals surface area contributed by atoms with Crippen molar-refractivity contribution in [3.05, 3.63) is 0 Å². The van der Waals surface area contributed by atoms with Crippen molar-refractivity contribution in [1.82, 2.24) is 4.90 Å². The third-order valence-corrected chi connectivity index (χ3v) is 5.98. The first-order valence-corrected chi connectivity index (χ1v) is 8.91. The van der Waals surface area contributed by atoms with Gasteiger partial charge in [0.1, 0.15) is 0 Å². The molecule has 1 spiro atoms. The van der Waals surface area contributed by atoms with Crippen LogP contribution in [-0.4, -0.2) is 60.8 Å². The van der Waals surface area contributed by atoms with E-state index in [2.05, 4.69) is 4.90 Å². The molecule has 114 valence electrons. The monoisotopic (exact) mass is 299 g/mol. The molecule has 0 aromatic rings. The quantitative estimate of drug-likeness (QED) is 0.781. The molecule has 0 N–H and O–H groups in total. The van der Waals surface area contributed by atoms with Gasteiger partial charge < -0.3 is 14.4 Å². The van der Waals surface area contributed by atoms with Gasteiger partial charge in [-0.3, -0.25) is 4.79 Å². The Hall–Kier alpha value is -0.260. The molecule has 3 aliphatic heterocycles. The van der Waals surface area contributed by atoms with Crippen LogP contribution in [0.25, 0.3) is 0 Å². The second-order valence-corrected chi connectivity index (χ2v) is 7.53. The average Bonchev–Trinajstić information content (AvgIpc) is 2.90. The van der Waals surface area contributed by atoms with E-state index in [1.54, 1.807) is 7.11 Å². The summed E-state index contributed by atoms with van der Waals surface area (Å²) in [5.74, 6) is 2.90. The Labute approximate surface area is 125 Å². The van der Waals surface area contributed by atoms with Crippen LogP contribution in [-0.2, 0) is 14.3 Å². The maximum atomic E-state index is 12.7. The maximum Gasteiger partial charge on any atom is 0.225 e. The van der Waals surface area contributed by atoms with E-state index < -0.39 is 0 Å². The predicted octanol–water partition coefficient (Wildman–Crippen LogP) is 1.93. The number of carbonyl (C=O) groups is 1. The van der Waals surface area contributed by atoms with Crippen LogP contribution in [0.3, 0.4) is 0 Å². The summed E-state index contributed by atoms with van der Waals surface area (Å²) in [5, 5.41) is 0. The molecule has 0 saturated carbocycles. The molecule has 3 saturated heterocycles. The predicted molar refractivity (Wildman–Crippen MR) is 80.0 cm³/mol. The highest BCUT2D eigenvalue weighted by Crippen LogP contribution is 2.36. The van der Waals surface area contributed by atoms with Crippen LogP contribution in [0.5, 0.6) is 0 Å². The van der Waals surface area contributed by atoms with Crippen LogP contribution >= 0.6 is 11.8 Å². The molecule has 2 atom stereocenters. The van der Waals surface area contributed by atoms with Gasteiger partial charge in [-0.15, -0.1) is 0 Å². The number of carbonyl (C=O) groups excluding carboxylic acids is 1. The van der Waals surface area contributed by atoms with Gasteiger partial charge in [-0.2, -0.15) is 11.8 Å². The molecular formula is C15H25NO3S. The van der Waals surface area contributed by atoms with E-state index >= 15 is 0 Å². The Kier molecular flexibility index (Phi) is 4.58. The molecule has 1 amide bonds. The largest absolute Gasteiger partial charge is 0.379 e. The van der Waals surface area contributed by atoms with Crippen molar-refractivity contribution in [2.24, 2.45) is 5.92 Å². The summed E-state index contributed by atoms with van der Waals surface area (Å²) in [5.41, 5.74) is -0.127.